The molecule has 0 heterocycles. The lowest BCUT2D eigenvalue weighted by molar-refractivity contribution is 0.0938. The van der Waals surface area contributed by atoms with E-state index < -0.39 is 10.0 Å². The van der Waals surface area contributed by atoms with Crippen molar-refractivity contribution < 1.29 is 13.2 Å². The number of carbonyl (C=O) groups excluding carboxylic acids is 1. The standard InChI is InChI=1S/C20H24N2O3S/c1-15(16-7-3-2-4-8-16)22-26(24,25)19-13-11-17(12-14-19)20(23)21-18-9-5-6-10-18/h2-4,7-8,11-15,18,22H,5-6,9-10H2,1H3,(H,21,23). The first-order chi connectivity index (χ1) is 12.5. The third-order valence-corrected chi connectivity index (χ3v) is 6.31. The molecule has 1 aliphatic rings. The molecule has 1 atom stereocenters. The van der Waals surface area contributed by atoms with E-state index in [1.807, 2.05) is 30.3 Å². The molecule has 2 aromatic carbocycles. The van der Waals surface area contributed by atoms with Crippen LogP contribution in [-0.4, -0.2) is 20.4 Å². The molecule has 3 rings (SSSR count). The lowest BCUT2D eigenvalue weighted by Gasteiger charge is -2.15. The SMILES string of the molecule is CC(NS(=O)(=O)c1ccc(C(=O)NC2CCCC2)cc1)c1ccccc1. The molecule has 6 heteroatoms. The van der Waals surface area contributed by atoms with Crippen molar-refractivity contribution in [3.63, 3.8) is 0 Å². The van der Waals surface area contributed by atoms with Crippen LogP contribution in [0.2, 0.25) is 0 Å². The van der Waals surface area contributed by atoms with Crippen LogP contribution in [0.1, 0.15) is 54.6 Å². The molecular weight excluding hydrogens is 348 g/mol. The van der Waals surface area contributed by atoms with Gasteiger partial charge in [-0.2, -0.15) is 0 Å². The molecule has 26 heavy (non-hydrogen) atoms. The van der Waals surface area contributed by atoms with E-state index in [-0.39, 0.29) is 22.9 Å². The maximum atomic E-state index is 12.6. The van der Waals surface area contributed by atoms with Gasteiger partial charge in [-0.05, 0) is 49.6 Å². The number of hydrogen-bond donors (Lipinski definition) is 2. The molecule has 0 aliphatic heterocycles. The molecule has 0 aromatic heterocycles. The highest BCUT2D eigenvalue weighted by Crippen LogP contribution is 2.19. The second-order valence-electron chi connectivity index (χ2n) is 6.73. The van der Waals surface area contributed by atoms with E-state index in [0.29, 0.717) is 5.56 Å². The summed E-state index contributed by atoms with van der Waals surface area (Å²) in [6, 6.07) is 15.4. The Morgan fingerprint density at radius 2 is 1.62 bits per heavy atom. The van der Waals surface area contributed by atoms with Gasteiger partial charge in [0.2, 0.25) is 10.0 Å². The van der Waals surface area contributed by atoms with Crippen molar-refractivity contribution >= 4 is 15.9 Å². The molecule has 1 amide bonds. The molecule has 0 saturated heterocycles. The summed E-state index contributed by atoms with van der Waals surface area (Å²) in [5, 5.41) is 3.00. The zero-order valence-electron chi connectivity index (χ0n) is 14.8. The lowest BCUT2D eigenvalue weighted by Crippen LogP contribution is -2.32. The molecule has 1 fully saturated rings. The van der Waals surface area contributed by atoms with Gasteiger partial charge < -0.3 is 5.32 Å². The average Bonchev–Trinajstić information content (AvgIpc) is 3.15. The summed E-state index contributed by atoms with van der Waals surface area (Å²) in [5.74, 6) is -0.147. The number of sulfonamides is 1. The van der Waals surface area contributed by atoms with Crippen LogP contribution in [0.4, 0.5) is 0 Å². The van der Waals surface area contributed by atoms with E-state index in [1.54, 1.807) is 19.1 Å². The summed E-state index contributed by atoms with van der Waals surface area (Å²) in [4.78, 5) is 12.4. The molecule has 2 N–H and O–H groups in total. The molecule has 138 valence electrons. The number of rotatable bonds is 6. The molecule has 1 saturated carbocycles. The van der Waals surface area contributed by atoms with Crippen LogP contribution in [0.5, 0.6) is 0 Å². The van der Waals surface area contributed by atoms with Crippen molar-refractivity contribution in [2.24, 2.45) is 0 Å². The van der Waals surface area contributed by atoms with Gasteiger partial charge in [0.05, 0.1) is 4.90 Å². The minimum atomic E-state index is -3.65. The Hall–Kier alpha value is -2.18. The second-order valence-corrected chi connectivity index (χ2v) is 8.45. The first-order valence-corrected chi connectivity index (χ1v) is 10.4. The second kappa shape index (κ2) is 8.01. The monoisotopic (exact) mass is 372 g/mol. The van der Waals surface area contributed by atoms with E-state index >= 15 is 0 Å². The topological polar surface area (TPSA) is 75.3 Å². The van der Waals surface area contributed by atoms with Crippen LogP contribution < -0.4 is 10.0 Å². The van der Waals surface area contributed by atoms with Crippen molar-refractivity contribution in [2.45, 2.75) is 49.6 Å². The van der Waals surface area contributed by atoms with Gasteiger partial charge in [0.15, 0.2) is 0 Å². The summed E-state index contributed by atoms with van der Waals surface area (Å²) in [7, 11) is -3.65. The minimum absolute atomic E-state index is 0.147. The van der Waals surface area contributed by atoms with Gasteiger partial charge in [-0.15, -0.1) is 0 Å². The van der Waals surface area contributed by atoms with Crippen LogP contribution in [0.25, 0.3) is 0 Å². The molecular formula is C20H24N2O3S. The zero-order valence-corrected chi connectivity index (χ0v) is 15.6. The van der Waals surface area contributed by atoms with Crippen LogP contribution in [0.3, 0.4) is 0 Å². The predicted octanol–water partition coefficient (Wildman–Crippen LogP) is 3.40. The van der Waals surface area contributed by atoms with Gasteiger partial charge >= 0.3 is 0 Å². The van der Waals surface area contributed by atoms with E-state index in [0.717, 1.165) is 31.2 Å². The highest BCUT2D eigenvalue weighted by Gasteiger charge is 2.20. The van der Waals surface area contributed by atoms with E-state index in [2.05, 4.69) is 10.0 Å². The molecule has 1 unspecified atom stereocenters. The maximum Gasteiger partial charge on any atom is 0.251 e. The average molecular weight is 372 g/mol. The normalized spacial score (nSPS) is 16.3. The maximum absolute atomic E-state index is 12.6. The largest absolute Gasteiger partial charge is 0.349 e. The third-order valence-electron chi connectivity index (χ3n) is 4.75. The molecule has 5 nitrogen and oxygen atoms in total. The summed E-state index contributed by atoms with van der Waals surface area (Å²) in [6.45, 7) is 1.80. The van der Waals surface area contributed by atoms with Crippen molar-refractivity contribution in [3.8, 4) is 0 Å². The van der Waals surface area contributed by atoms with Gasteiger partial charge in [-0.25, -0.2) is 13.1 Å². The summed E-state index contributed by atoms with van der Waals surface area (Å²) in [5.41, 5.74) is 1.37. The van der Waals surface area contributed by atoms with Gasteiger partial charge in [0.25, 0.3) is 5.91 Å². The van der Waals surface area contributed by atoms with E-state index in [9.17, 15) is 13.2 Å². The van der Waals surface area contributed by atoms with Gasteiger partial charge in [-0.3, -0.25) is 4.79 Å². The Bertz CT molecular complexity index is 842. The van der Waals surface area contributed by atoms with Gasteiger partial charge in [0, 0.05) is 17.6 Å². The zero-order chi connectivity index (χ0) is 18.6. The van der Waals surface area contributed by atoms with Gasteiger partial charge in [0.1, 0.15) is 0 Å². The number of benzene rings is 2. The van der Waals surface area contributed by atoms with Crippen LogP contribution in [0.15, 0.2) is 59.5 Å². The smallest absolute Gasteiger partial charge is 0.251 e. The fourth-order valence-electron chi connectivity index (χ4n) is 3.23. The third kappa shape index (κ3) is 4.51. The Morgan fingerprint density at radius 3 is 2.23 bits per heavy atom. The fraction of sp³-hybridized carbons (Fsp3) is 0.350. The highest BCUT2D eigenvalue weighted by molar-refractivity contribution is 7.89. The predicted molar refractivity (Wildman–Crippen MR) is 101 cm³/mol. The number of amides is 1. The molecule has 0 radical (unpaired) electrons. The quantitative estimate of drug-likeness (QED) is 0.816. The lowest BCUT2D eigenvalue weighted by atomic mass is 10.1. The van der Waals surface area contributed by atoms with Crippen LogP contribution in [0, 0.1) is 0 Å². The van der Waals surface area contributed by atoms with Crippen molar-refractivity contribution in [1.29, 1.82) is 0 Å². The number of nitrogens with one attached hydrogen (secondary N) is 2. The Kier molecular flexibility index (Phi) is 5.74. The van der Waals surface area contributed by atoms with Gasteiger partial charge in [-0.1, -0.05) is 43.2 Å². The molecule has 0 bridgehead atoms. The fourth-order valence-corrected chi connectivity index (χ4v) is 4.47. The van der Waals surface area contributed by atoms with Crippen LogP contribution in [-0.2, 0) is 10.0 Å². The number of carbonyl (C=O) groups is 1. The first-order valence-electron chi connectivity index (χ1n) is 8.94. The van der Waals surface area contributed by atoms with Crippen LogP contribution >= 0.6 is 0 Å². The Morgan fingerprint density at radius 1 is 1.00 bits per heavy atom. The first kappa shape index (κ1) is 18.6. The van der Waals surface area contributed by atoms with E-state index in [1.165, 1.54) is 12.1 Å². The number of hydrogen-bond acceptors (Lipinski definition) is 3. The van der Waals surface area contributed by atoms with E-state index in [4.69, 9.17) is 0 Å². The molecule has 1 aliphatic carbocycles. The summed E-state index contributed by atoms with van der Waals surface area (Å²) in [6.07, 6.45) is 4.32. The molecule has 0 spiro atoms. The van der Waals surface area contributed by atoms with Crippen molar-refractivity contribution in [3.05, 3.63) is 65.7 Å². The molecule has 2 aromatic rings. The Balaban J connectivity index is 1.67. The Labute approximate surface area is 154 Å². The van der Waals surface area contributed by atoms with Crippen molar-refractivity contribution in [1.82, 2.24) is 10.0 Å². The summed E-state index contributed by atoms with van der Waals surface area (Å²) >= 11 is 0. The van der Waals surface area contributed by atoms with Crippen molar-refractivity contribution in [2.75, 3.05) is 0 Å². The minimum Gasteiger partial charge on any atom is -0.349 e. The highest BCUT2D eigenvalue weighted by atomic mass is 32.2. The summed E-state index contributed by atoms with van der Waals surface area (Å²) < 4.78 is 27.8.